The van der Waals surface area contributed by atoms with Gasteiger partial charge in [-0.2, -0.15) is 5.10 Å². The van der Waals surface area contributed by atoms with Crippen molar-refractivity contribution >= 4 is 28.4 Å². The first-order valence-corrected chi connectivity index (χ1v) is 12.6. The molecule has 9 nitrogen and oxygen atoms in total. The van der Waals surface area contributed by atoms with Crippen LogP contribution in [0.1, 0.15) is 48.7 Å². The predicted octanol–water partition coefficient (Wildman–Crippen LogP) is 3.77. The first-order valence-electron chi connectivity index (χ1n) is 11.6. The molecule has 3 aromatic rings. The van der Waals surface area contributed by atoms with Gasteiger partial charge in [-0.25, -0.2) is 24.0 Å². The fourth-order valence-electron chi connectivity index (χ4n) is 4.97. The summed E-state index contributed by atoms with van der Waals surface area (Å²) in [4.78, 5) is 30.1. The number of benzene rings is 1. The van der Waals surface area contributed by atoms with Gasteiger partial charge in [0.25, 0.3) is 5.91 Å². The van der Waals surface area contributed by atoms with E-state index in [2.05, 4.69) is 25.4 Å². The molecule has 2 saturated carbocycles. The molecule has 0 spiro atoms. The maximum absolute atomic E-state index is 15.3. The molecule has 1 aliphatic heterocycles. The van der Waals surface area contributed by atoms with E-state index in [0.29, 0.717) is 29.6 Å². The number of anilines is 1. The first-order chi connectivity index (χ1) is 17.0. The highest BCUT2D eigenvalue weighted by atomic mass is 32.2. The van der Waals surface area contributed by atoms with Crippen LogP contribution in [0.15, 0.2) is 48.2 Å². The van der Waals surface area contributed by atoms with Crippen molar-refractivity contribution in [2.75, 3.05) is 11.1 Å². The molecule has 35 heavy (non-hydrogen) atoms. The standard InChI is InChI=1S/C24H24FN7O2S/c1-14-31-24(8-18(34-17-3-4-17)6-15(24)11-35-14)19-7-16(2-5-20(19)25)30-23(33)21-9-28-22(10-27-21)32-13-26-12-29-32/h2,5,7,9-10,12-13,15,17-18H,3-4,6,8,11H2,1H3,(H,30,33)/t15-,18?,24-/m0/s1. The highest BCUT2D eigenvalue weighted by Crippen LogP contribution is 2.53. The number of carbonyl (C=O) groups excluding carboxylic acids is 1. The molecule has 11 heteroatoms. The molecular formula is C24H24FN7O2S. The third-order valence-corrected chi connectivity index (χ3v) is 7.81. The number of ether oxygens (including phenoxy) is 1. The summed E-state index contributed by atoms with van der Waals surface area (Å²) in [6.07, 6.45) is 9.81. The number of aromatic nitrogens is 5. The SMILES string of the molecule is CC1=N[C@@]2(c3cc(NC(=O)c4cnc(-n5cncn5)cn4)ccc3F)CC(OC3CC3)C[C@H]2CS1. The zero-order chi connectivity index (χ0) is 24.0. The second-order valence-electron chi connectivity index (χ2n) is 9.21. The van der Waals surface area contributed by atoms with Gasteiger partial charge in [0, 0.05) is 29.3 Å². The van der Waals surface area contributed by atoms with Crippen molar-refractivity contribution < 1.29 is 13.9 Å². The van der Waals surface area contributed by atoms with Crippen LogP contribution >= 0.6 is 11.8 Å². The largest absolute Gasteiger partial charge is 0.375 e. The van der Waals surface area contributed by atoms with Crippen LogP contribution < -0.4 is 5.32 Å². The lowest BCUT2D eigenvalue weighted by Gasteiger charge is -2.36. The van der Waals surface area contributed by atoms with E-state index in [1.165, 1.54) is 35.8 Å². The summed E-state index contributed by atoms with van der Waals surface area (Å²) >= 11 is 1.72. The van der Waals surface area contributed by atoms with E-state index in [-0.39, 0.29) is 23.5 Å². The van der Waals surface area contributed by atoms with Gasteiger partial charge in [-0.3, -0.25) is 9.79 Å². The molecule has 2 aromatic heterocycles. The normalized spacial score (nSPS) is 25.7. The van der Waals surface area contributed by atoms with E-state index in [1.807, 2.05) is 6.92 Å². The van der Waals surface area contributed by atoms with Gasteiger partial charge in [-0.05, 0) is 44.4 Å². The van der Waals surface area contributed by atoms with Gasteiger partial charge >= 0.3 is 0 Å². The molecule has 3 aliphatic rings. The fourth-order valence-corrected chi connectivity index (χ4v) is 6.05. The number of amides is 1. The average molecular weight is 494 g/mol. The number of halogens is 1. The minimum atomic E-state index is -0.682. The van der Waals surface area contributed by atoms with Crippen LogP contribution in [0.2, 0.25) is 0 Å². The second kappa shape index (κ2) is 8.80. The molecule has 2 aliphatic carbocycles. The smallest absolute Gasteiger partial charge is 0.275 e. The van der Waals surface area contributed by atoms with Gasteiger partial charge in [0.2, 0.25) is 0 Å². The quantitative estimate of drug-likeness (QED) is 0.557. The average Bonchev–Trinajstić information content (AvgIpc) is 3.35. The zero-order valence-corrected chi connectivity index (χ0v) is 19.9. The maximum Gasteiger partial charge on any atom is 0.275 e. The van der Waals surface area contributed by atoms with Gasteiger partial charge in [0.05, 0.1) is 35.2 Å². The lowest BCUT2D eigenvalue weighted by molar-refractivity contribution is 0.0401. The van der Waals surface area contributed by atoms with Crippen molar-refractivity contribution in [3.05, 3.63) is 60.3 Å². The minimum Gasteiger partial charge on any atom is -0.375 e. The number of aliphatic imine (C=N–C) groups is 1. The van der Waals surface area contributed by atoms with Crippen molar-refractivity contribution in [2.24, 2.45) is 10.9 Å². The van der Waals surface area contributed by atoms with Gasteiger partial charge in [-0.1, -0.05) is 0 Å². The lowest BCUT2D eigenvalue weighted by atomic mass is 9.81. The summed E-state index contributed by atoms with van der Waals surface area (Å²) in [6.45, 7) is 1.98. The number of nitrogens with one attached hydrogen (secondary N) is 1. The highest BCUT2D eigenvalue weighted by molar-refractivity contribution is 8.13. The first kappa shape index (κ1) is 22.3. The van der Waals surface area contributed by atoms with Crippen LogP contribution in [-0.4, -0.2) is 53.6 Å². The molecule has 0 bridgehead atoms. The van der Waals surface area contributed by atoms with E-state index in [1.54, 1.807) is 23.9 Å². The molecular weight excluding hydrogens is 469 g/mol. The van der Waals surface area contributed by atoms with Crippen molar-refractivity contribution in [1.82, 2.24) is 24.7 Å². The Hall–Kier alpha value is -3.18. The Labute approximate surface area is 205 Å². The molecule has 2 fully saturated rings. The lowest BCUT2D eigenvalue weighted by Crippen LogP contribution is -2.35. The summed E-state index contributed by atoms with van der Waals surface area (Å²) in [5.74, 6) is 0.746. The molecule has 0 saturated heterocycles. The molecule has 1 unspecified atom stereocenters. The van der Waals surface area contributed by atoms with Crippen LogP contribution in [0.4, 0.5) is 10.1 Å². The topological polar surface area (TPSA) is 107 Å². The molecule has 180 valence electrons. The number of hydrogen-bond donors (Lipinski definition) is 1. The number of hydrogen-bond acceptors (Lipinski definition) is 8. The Balaban J connectivity index is 1.26. The maximum atomic E-state index is 15.3. The Morgan fingerprint density at radius 1 is 1.26 bits per heavy atom. The number of nitrogens with zero attached hydrogens (tertiary/aromatic N) is 6. The fraction of sp³-hybridized carbons (Fsp3) is 0.417. The molecule has 1 aromatic carbocycles. The van der Waals surface area contributed by atoms with Gasteiger partial charge < -0.3 is 10.1 Å². The van der Waals surface area contributed by atoms with Crippen LogP contribution in [0.3, 0.4) is 0 Å². The molecule has 1 N–H and O–H groups in total. The monoisotopic (exact) mass is 493 g/mol. The summed E-state index contributed by atoms with van der Waals surface area (Å²) in [6, 6.07) is 4.67. The van der Waals surface area contributed by atoms with Crippen LogP contribution in [0.25, 0.3) is 5.82 Å². The van der Waals surface area contributed by atoms with E-state index in [9.17, 15) is 4.79 Å². The predicted molar refractivity (Wildman–Crippen MR) is 129 cm³/mol. The highest BCUT2D eigenvalue weighted by Gasteiger charge is 2.52. The third kappa shape index (κ3) is 4.34. The minimum absolute atomic E-state index is 0.0687. The molecule has 3 heterocycles. The van der Waals surface area contributed by atoms with Gasteiger partial charge in [-0.15, -0.1) is 11.8 Å². The molecule has 0 radical (unpaired) electrons. The summed E-state index contributed by atoms with van der Waals surface area (Å²) in [5, 5.41) is 7.77. The number of carbonyl (C=O) groups is 1. The summed E-state index contributed by atoms with van der Waals surface area (Å²) < 4.78 is 23.0. The molecule has 3 atom stereocenters. The molecule has 1 amide bonds. The van der Waals surface area contributed by atoms with Crippen molar-refractivity contribution in [3.8, 4) is 5.82 Å². The van der Waals surface area contributed by atoms with E-state index >= 15 is 4.39 Å². The Kier molecular flexibility index (Phi) is 5.60. The Morgan fingerprint density at radius 3 is 2.89 bits per heavy atom. The van der Waals surface area contributed by atoms with Crippen LogP contribution in [0.5, 0.6) is 0 Å². The summed E-state index contributed by atoms with van der Waals surface area (Å²) in [5.41, 5.74) is 0.449. The van der Waals surface area contributed by atoms with Crippen molar-refractivity contribution in [2.45, 2.75) is 50.4 Å². The third-order valence-electron chi connectivity index (χ3n) is 6.74. The second-order valence-corrected chi connectivity index (χ2v) is 10.4. The summed E-state index contributed by atoms with van der Waals surface area (Å²) in [7, 11) is 0. The van der Waals surface area contributed by atoms with Gasteiger partial charge in [0.15, 0.2) is 5.82 Å². The number of thioether (sulfide) groups is 1. The number of rotatable bonds is 6. The van der Waals surface area contributed by atoms with Crippen LogP contribution in [-0.2, 0) is 10.3 Å². The molecule has 6 rings (SSSR count). The zero-order valence-electron chi connectivity index (χ0n) is 19.1. The van der Waals surface area contributed by atoms with E-state index in [4.69, 9.17) is 9.73 Å². The van der Waals surface area contributed by atoms with E-state index < -0.39 is 11.4 Å². The van der Waals surface area contributed by atoms with Crippen molar-refractivity contribution in [1.29, 1.82) is 0 Å². The number of fused-ring (bicyclic) bond motifs is 1. The Bertz CT molecular complexity index is 1280. The van der Waals surface area contributed by atoms with Crippen molar-refractivity contribution in [3.63, 3.8) is 0 Å². The van der Waals surface area contributed by atoms with E-state index in [0.717, 1.165) is 30.1 Å². The van der Waals surface area contributed by atoms with Crippen LogP contribution in [0, 0.1) is 11.7 Å². The Morgan fingerprint density at radius 2 is 2.14 bits per heavy atom. The van der Waals surface area contributed by atoms with Gasteiger partial charge in [0.1, 0.15) is 24.2 Å².